The van der Waals surface area contributed by atoms with Crippen molar-refractivity contribution < 1.29 is 17.5 Å². The van der Waals surface area contributed by atoms with Crippen molar-refractivity contribution in [2.45, 2.75) is 11.5 Å². The average molecular weight is 374 g/mol. The zero-order chi connectivity index (χ0) is 15.8. The van der Waals surface area contributed by atoms with Crippen LogP contribution in [0.2, 0.25) is 10.2 Å². The van der Waals surface area contributed by atoms with Gasteiger partial charge in [0.05, 0.1) is 11.6 Å². The largest absolute Gasteiger partial charge is 0.378 e. The fourth-order valence-electron chi connectivity index (χ4n) is 1.74. The van der Waals surface area contributed by atoms with Crippen LogP contribution in [0.3, 0.4) is 0 Å². The number of aromatic nitrogens is 2. The van der Waals surface area contributed by atoms with E-state index in [2.05, 4.69) is 5.10 Å². The second-order valence-corrected chi connectivity index (χ2v) is 7.19. The number of halogens is 4. The van der Waals surface area contributed by atoms with Gasteiger partial charge >= 0.3 is 0 Å². The van der Waals surface area contributed by atoms with E-state index in [4.69, 9.17) is 38.6 Å². The minimum Gasteiger partial charge on any atom is -0.378 e. The Morgan fingerprint density at radius 3 is 2.57 bits per heavy atom. The zero-order valence-electron chi connectivity index (χ0n) is 10.5. The molecule has 10 heteroatoms. The van der Waals surface area contributed by atoms with Crippen LogP contribution in [0.1, 0.15) is 5.69 Å². The third kappa shape index (κ3) is 3.17. The summed E-state index contributed by atoms with van der Waals surface area (Å²) in [5.41, 5.74) is -0.218. The molecule has 0 saturated carbocycles. The molecule has 2 rings (SSSR count). The Labute approximate surface area is 134 Å². The first-order valence-electron chi connectivity index (χ1n) is 5.42. The molecule has 0 unspecified atom stereocenters. The molecule has 2 aromatic rings. The summed E-state index contributed by atoms with van der Waals surface area (Å²) in [6, 6.07) is 3.96. The van der Waals surface area contributed by atoms with Gasteiger partial charge in [-0.15, -0.1) is 0 Å². The minimum absolute atomic E-state index is 0.0156. The topological polar surface area (TPSA) is 61.2 Å². The molecule has 0 aliphatic heterocycles. The predicted octanol–water partition coefficient (Wildman–Crippen LogP) is 3.39. The molecule has 0 saturated heterocycles. The van der Waals surface area contributed by atoms with Gasteiger partial charge in [-0.3, -0.25) is 0 Å². The zero-order valence-corrected chi connectivity index (χ0v) is 13.6. The van der Waals surface area contributed by atoms with E-state index in [1.165, 1.54) is 19.2 Å². The highest BCUT2D eigenvalue weighted by Gasteiger charge is 2.28. The number of ether oxygens (including phenoxy) is 1. The molecule has 0 atom stereocenters. The summed E-state index contributed by atoms with van der Waals surface area (Å²) in [7, 11) is 2.49. The van der Waals surface area contributed by atoms with Crippen molar-refractivity contribution in [3.05, 3.63) is 39.9 Å². The molecule has 0 fully saturated rings. The molecule has 0 spiro atoms. The number of hydrogen-bond donors (Lipinski definition) is 0. The fourth-order valence-corrected chi connectivity index (χ4v) is 3.79. The minimum atomic E-state index is -4.19. The molecular weight excluding hydrogens is 366 g/mol. The summed E-state index contributed by atoms with van der Waals surface area (Å²) in [6.07, 6.45) is 0. The number of nitrogens with zero attached hydrogens (tertiary/aromatic N) is 2. The lowest BCUT2D eigenvalue weighted by Crippen LogP contribution is -2.02. The normalized spacial score (nSPS) is 11.9. The van der Waals surface area contributed by atoms with Gasteiger partial charge in [0.15, 0.2) is 5.15 Å². The quantitative estimate of drug-likeness (QED) is 0.771. The van der Waals surface area contributed by atoms with Gasteiger partial charge in [0.25, 0.3) is 9.05 Å². The number of hydrogen-bond acceptors (Lipinski definition) is 4. The van der Waals surface area contributed by atoms with Crippen LogP contribution in [0.25, 0.3) is 5.69 Å². The van der Waals surface area contributed by atoms with E-state index >= 15 is 0 Å². The maximum Gasteiger partial charge on any atom is 0.266 e. The standard InChI is InChI=1S/C11H8Cl3FN2O3S/c1-20-5-8-10(21(14,18)19)11(13)17(16-8)9-6(12)3-2-4-7(9)15/h2-4H,5H2,1H3. The molecule has 21 heavy (non-hydrogen) atoms. The highest BCUT2D eigenvalue weighted by Crippen LogP contribution is 2.33. The van der Waals surface area contributed by atoms with Crippen LogP contribution >= 0.6 is 33.9 Å². The molecule has 0 radical (unpaired) electrons. The molecule has 0 aliphatic rings. The Kier molecular flexibility index (Phi) is 4.79. The fraction of sp³-hybridized carbons (Fsp3) is 0.182. The summed E-state index contributed by atoms with van der Waals surface area (Å²) in [4.78, 5) is -0.438. The Balaban J connectivity index is 2.78. The van der Waals surface area contributed by atoms with E-state index < -0.39 is 19.8 Å². The first-order chi connectivity index (χ1) is 9.77. The molecule has 1 aromatic heterocycles. The molecule has 0 bridgehead atoms. The van der Waals surface area contributed by atoms with Crippen molar-refractivity contribution in [1.29, 1.82) is 0 Å². The van der Waals surface area contributed by atoms with Gasteiger partial charge in [0, 0.05) is 17.8 Å². The van der Waals surface area contributed by atoms with E-state index in [9.17, 15) is 12.8 Å². The van der Waals surface area contributed by atoms with E-state index in [0.717, 1.165) is 10.7 Å². The lowest BCUT2D eigenvalue weighted by atomic mass is 10.3. The first-order valence-corrected chi connectivity index (χ1v) is 8.49. The number of rotatable bonds is 4. The monoisotopic (exact) mass is 372 g/mol. The van der Waals surface area contributed by atoms with Crippen molar-refractivity contribution >= 4 is 42.9 Å². The van der Waals surface area contributed by atoms with E-state index in [-0.39, 0.29) is 28.2 Å². The predicted molar refractivity (Wildman–Crippen MR) is 77.3 cm³/mol. The van der Waals surface area contributed by atoms with Crippen LogP contribution < -0.4 is 0 Å². The summed E-state index contributed by atoms with van der Waals surface area (Å²) in [6.45, 7) is -0.167. The Morgan fingerprint density at radius 1 is 1.38 bits per heavy atom. The maximum absolute atomic E-state index is 13.9. The van der Waals surface area contributed by atoms with Gasteiger partial charge < -0.3 is 4.74 Å². The number of methoxy groups -OCH3 is 1. The lowest BCUT2D eigenvalue weighted by molar-refractivity contribution is 0.179. The molecule has 0 amide bonds. The average Bonchev–Trinajstić information content (AvgIpc) is 2.66. The third-order valence-electron chi connectivity index (χ3n) is 2.53. The molecular formula is C11H8Cl3FN2O3S. The highest BCUT2D eigenvalue weighted by molar-refractivity contribution is 8.13. The van der Waals surface area contributed by atoms with Gasteiger partial charge in [-0.2, -0.15) is 5.10 Å². The Morgan fingerprint density at radius 2 is 2.05 bits per heavy atom. The number of benzene rings is 1. The molecule has 0 aliphatic carbocycles. The summed E-state index contributed by atoms with van der Waals surface area (Å²) in [5, 5.41) is 3.57. The van der Waals surface area contributed by atoms with E-state index in [1.807, 2.05) is 0 Å². The van der Waals surface area contributed by atoms with Gasteiger partial charge in [-0.25, -0.2) is 17.5 Å². The van der Waals surface area contributed by atoms with E-state index in [0.29, 0.717) is 0 Å². The molecule has 5 nitrogen and oxygen atoms in total. The van der Waals surface area contributed by atoms with Crippen LogP contribution in [-0.4, -0.2) is 25.3 Å². The Hall–Kier alpha value is -0.860. The van der Waals surface area contributed by atoms with Crippen LogP contribution in [0.15, 0.2) is 23.1 Å². The molecule has 1 aromatic carbocycles. The van der Waals surface area contributed by atoms with Crippen molar-refractivity contribution in [3.63, 3.8) is 0 Å². The highest BCUT2D eigenvalue weighted by atomic mass is 35.7. The van der Waals surface area contributed by atoms with Crippen LogP contribution in [0, 0.1) is 5.82 Å². The SMILES string of the molecule is COCc1nn(-c2c(F)cccc2Cl)c(Cl)c1S(=O)(=O)Cl. The third-order valence-corrected chi connectivity index (χ3v) is 4.68. The van der Waals surface area contributed by atoms with Gasteiger partial charge in [0.1, 0.15) is 22.1 Å². The number of para-hydroxylation sites is 1. The molecule has 0 N–H and O–H groups in total. The van der Waals surface area contributed by atoms with Crippen molar-refractivity contribution in [2.75, 3.05) is 7.11 Å². The summed E-state index contributed by atoms with van der Waals surface area (Å²) >= 11 is 11.9. The van der Waals surface area contributed by atoms with Crippen molar-refractivity contribution in [2.24, 2.45) is 0 Å². The van der Waals surface area contributed by atoms with Crippen LogP contribution in [0.5, 0.6) is 0 Å². The Bertz CT molecular complexity index is 772. The van der Waals surface area contributed by atoms with Gasteiger partial charge in [-0.05, 0) is 12.1 Å². The van der Waals surface area contributed by atoms with E-state index in [1.54, 1.807) is 0 Å². The summed E-state index contributed by atoms with van der Waals surface area (Å²) in [5.74, 6) is -0.714. The molecule has 114 valence electrons. The summed E-state index contributed by atoms with van der Waals surface area (Å²) < 4.78 is 42.9. The lowest BCUT2D eigenvalue weighted by Gasteiger charge is -2.06. The maximum atomic E-state index is 13.9. The van der Waals surface area contributed by atoms with Crippen molar-refractivity contribution in [3.8, 4) is 5.69 Å². The second kappa shape index (κ2) is 6.10. The molecule has 1 heterocycles. The van der Waals surface area contributed by atoms with Crippen molar-refractivity contribution in [1.82, 2.24) is 9.78 Å². The van der Waals surface area contributed by atoms with Gasteiger partial charge in [0.2, 0.25) is 0 Å². The van der Waals surface area contributed by atoms with Crippen LogP contribution in [-0.2, 0) is 20.4 Å². The smallest absolute Gasteiger partial charge is 0.266 e. The van der Waals surface area contributed by atoms with Crippen LogP contribution in [0.4, 0.5) is 4.39 Å². The first kappa shape index (κ1) is 16.5. The van der Waals surface area contributed by atoms with Gasteiger partial charge in [-0.1, -0.05) is 29.3 Å². The second-order valence-electron chi connectivity index (χ2n) is 3.92.